The number of aromatic amines is 2. The van der Waals surface area contributed by atoms with Gasteiger partial charge >= 0.3 is 0 Å². The summed E-state index contributed by atoms with van der Waals surface area (Å²) >= 11 is 0. The molecular formula is C56H49N5O3. The van der Waals surface area contributed by atoms with Crippen LogP contribution in [-0.4, -0.2) is 49.8 Å². The maximum Gasteiger partial charge on any atom is 0.229 e. The number of hydrogen-bond donors (Lipinski definition) is 2. The minimum Gasteiger partial charge on any atom is -0.494 e. The Morgan fingerprint density at radius 3 is 1.19 bits per heavy atom. The van der Waals surface area contributed by atoms with E-state index in [1.807, 2.05) is 18.2 Å². The van der Waals surface area contributed by atoms with Crippen LogP contribution in [0.2, 0.25) is 0 Å². The number of carbonyl (C=O) groups is 2. The zero-order valence-corrected chi connectivity index (χ0v) is 35.7. The third-order valence-corrected chi connectivity index (χ3v) is 12.3. The van der Waals surface area contributed by atoms with Crippen LogP contribution < -0.4 is 4.74 Å². The maximum atomic E-state index is 11.9. The Morgan fingerprint density at radius 2 is 0.781 bits per heavy atom. The van der Waals surface area contributed by atoms with Crippen molar-refractivity contribution < 1.29 is 14.3 Å². The van der Waals surface area contributed by atoms with Gasteiger partial charge < -0.3 is 14.7 Å². The summed E-state index contributed by atoms with van der Waals surface area (Å²) in [5.41, 5.74) is 15.6. The Labute approximate surface area is 373 Å². The molecule has 0 unspecified atom stereocenters. The Balaban J connectivity index is 1.02. The number of H-pyrrole nitrogens is 2. The van der Waals surface area contributed by atoms with Crippen molar-refractivity contribution in [3.63, 3.8) is 0 Å². The predicted molar refractivity (Wildman–Crippen MR) is 260 cm³/mol. The van der Waals surface area contributed by atoms with Crippen molar-refractivity contribution in [1.82, 2.24) is 24.8 Å². The number of amides is 2. The van der Waals surface area contributed by atoms with E-state index >= 15 is 0 Å². The number of imide groups is 1. The van der Waals surface area contributed by atoms with Crippen molar-refractivity contribution in [2.45, 2.75) is 51.4 Å². The average Bonchev–Trinajstić information content (AvgIpc) is 4.21. The number of nitrogens with zero attached hydrogens (tertiary/aromatic N) is 3. The molecule has 1 fully saturated rings. The number of nitrogens with one attached hydrogen (secondary N) is 2. The normalized spacial score (nSPS) is 13.3. The van der Waals surface area contributed by atoms with E-state index in [2.05, 4.69) is 156 Å². The minimum absolute atomic E-state index is 0.0221. The molecule has 0 spiro atoms. The highest BCUT2D eigenvalue weighted by atomic mass is 16.5. The highest BCUT2D eigenvalue weighted by Crippen LogP contribution is 2.38. The number of carbonyl (C=O) groups excluding carboxylic acids is 2. The van der Waals surface area contributed by atoms with Crippen molar-refractivity contribution in [3.8, 4) is 50.3 Å². The molecule has 7 aromatic rings. The second-order valence-corrected chi connectivity index (χ2v) is 16.5. The highest BCUT2D eigenvalue weighted by molar-refractivity contribution is 6.02. The molecule has 10 rings (SSSR count). The zero-order valence-electron chi connectivity index (χ0n) is 35.7. The maximum absolute atomic E-state index is 11.9. The Morgan fingerprint density at radius 1 is 0.422 bits per heavy atom. The molecule has 0 atom stereocenters. The van der Waals surface area contributed by atoms with Crippen LogP contribution >= 0.6 is 0 Å². The van der Waals surface area contributed by atoms with Crippen LogP contribution in [0.15, 0.2) is 140 Å². The van der Waals surface area contributed by atoms with E-state index in [1.165, 1.54) is 4.90 Å². The summed E-state index contributed by atoms with van der Waals surface area (Å²) in [6, 6.07) is 48.4. The van der Waals surface area contributed by atoms with Gasteiger partial charge in [0.1, 0.15) is 5.75 Å². The summed E-state index contributed by atoms with van der Waals surface area (Å²) in [6.45, 7) is 1.19. The molecule has 2 amide bonds. The van der Waals surface area contributed by atoms with Crippen LogP contribution in [0.1, 0.15) is 74.1 Å². The van der Waals surface area contributed by atoms with Gasteiger partial charge in [-0.25, -0.2) is 9.97 Å². The first-order valence-corrected chi connectivity index (χ1v) is 22.5. The minimum atomic E-state index is -0.0221. The Bertz CT molecular complexity index is 3000. The van der Waals surface area contributed by atoms with Crippen molar-refractivity contribution >= 4 is 58.2 Å². The second-order valence-electron chi connectivity index (χ2n) is 16.5. The molecule has 8 nitrogen and oxygen atoms in total. The van der Waals surface area contributed by atoms with Gasteiger partial charge in [-0.2, -0.15) is 0 Å². The molecule has 3 aliphatic heterocycles. The van der Waals surface area contributed by atoms with Gasteiger partial charge in [0.25, 0.3) is 0 Å². The van der Waals surface area contributed by atoms with Gasteiger partial charge in [0.15, 0.2) is 0 Å². The van der Waals surface area contributed by atoms with E-state index in [0.29, 0.717) is 26.0 Å². The fraction of sp³-hybridized carbons (Fsp3) is 0.179. The lowest BCUT2D eigenvalue weighted by atomic mass is 10.0. The Hall–Kier alpha value is -7.58. The van der Waals surface area contributed by atoms with E-state index in [9.17, 15) is 9.59 Å². The first-order chi connectivity index (χ1) is 31.6. The topological polar surface area (TPSA) is 104 Å². The van der Waals surface area contributed by atoms with Crippen LogP contribution in [0.3, 0.4) is 0 Å². The molecule has 1 saturated heterocycles. The van der Waals surface area contributed by atoms with Crippen molar-refractivity contribution in [2.75, 3.05) is 13.2 Å². The van der Waals surface area contributed by atoms with Gasteiger partial charge in [-0.05, 0) is 95.8 Å². The molecule has 8 heteroatoms. The fourth-order valence-electron chi connectivity index (χ4n) is 9.09. The van der Waals surface area contributed by atoms with Gasteiger partial charge in [0.05, 0.1) is 29.4 Å². The quantitative estimate of drug-likeness (QED) is 0.0838. The molecule has 3 aliphatic rings. The third kappa shape index (κ3) is 8.47. The van der Waals surface area contributed by atoms with E-state index < -0.39 is 0 Å². The number of benzene rings is 4. The van der Waals surface area contributed by atoms with Crippen molar-refractivity contribution in [3.05, 3.63) is 162 Å². The molecule has 8 bridgehead atoms. The summed E-state index contributed by atoms with van der Waals surface area (Å²) in [5.74, 6) is 0.782. The molecule has 0 radical (unpaired) electrons. The third-order valence-electron chi connectivity index (χ3n) is 12.3. The molecule has 4 aromatic carbocycles. The van der Waals surface area contributed by atoms with Crippen LogP contribution in [0.4, 0.5) is 0 Å². The Kier molecular flexibility index (Phi) is 11.6. The number of hydrogen-bond acceptors (Lipinski definition) is 5. The van der Waals surface area contributed by atoms with Gasteiger partial charge in [0.2, 0.25) is 11.8 Å². The van der Waals surface area contributed by atoms with Crippen molar-refractivity contribution in [1.29, 1.82) is 0 Å². The standard InChI is InChI=1S/C56H49N5O3/c62-51-34-35-52(63)61(51)36-14-3-1-2-4-15-37-64-42-24-22-41(23-25-42)56-49-32-30-47(59-49)54(39-18-10-6-11-19-39)45-28-26-43(57-45)53(38-16-8-5-9-17-38)44-27-29-46(58-44)55(40-20-12-7-13-21-40)48-31-33-50(56)60-48/h5-13,16-33,57,60H,1-4,14-15,34-37H2. The highest BCUT2D eigenvalue weighted by Gasteiger charge is 2.28. The van der Waals surface area contributed by atoms with Crippen LogP contribution in [0.25, 0.3) is 90.9 Å². The number of ether oxygens (including phenoxy) is 1. The van der Waals surface area contributed by atoms with E-state index in [-0.39, 0.29) is 11.8 Å². The summed E-state index contributed by atoms with van der Waals surface area (Å²) in [7, 11) is 0. The van der Waals surface area contributed by atoms with E-state index in [1.54, 1.807) is 0 Å². The smallest absolute Gasteiger partial charge is 0.229 e. The summed E-state index contributed by atoms with van der Waals surface area (Å²) in [6.07, 6.45) is 15.3. The summed E-state index contributed by atoms with van der Waals surface area (Å²) in [5, 5.41) is 0. The predicted octanol–water partition coefficient (Wildman–Crippen LogP) is 13.2. The lowest BCUT2D eigenvalue weighted by molar-refractivity contribution is -0.138. The largest absolute Gasteiger partial charge is 0.494 e. The number of likely N-dealkylation sites (tertiary alicyclic amines) is 1. The summed E-state index contributed by atoms with van der Waals surface area (Å²) < 4.78 is 6.24. The van der Waals surface area contributed by atoms with Crippen LogP contribution in [0.5, 0.6) is 5.75 Å². The molecule has 0 saturated carbocycles. The second kappa shape index (κ2) is 18.4. The van der Waals surface area contributed by atoms with Gasteiger partial charge in [0, 0.05) is 63.7 Å². The van der Waals surface area contributed by atoms with Gasteiger partial charge in [-0.3, -0.25) is 14.5 Å². The number of aromatic nitrogens is 4. The molecule has 2 N–H and O–H groups in total. The molecule has 64 heavy (non-hydrogen) atoms. The first-order valence-electron chi connectivity index (χ1n) is 22.5. The fourth-order valence-corrected chi connectivity index (χ4v) is 9.09. The lowest BCUT2D eigenvalue weighted by Crippen LogP contribution is -2.29. The molecule has 6 heterocycles. The average molecular weight is 840 g/mol. The number of unbranched alkanes of at least 4 members (excludes halogenated alkanes) is 5. The monoisotopic (exact) mass is 839 g/mol. The summed E-state index contributed by atoms with van der Waals surface area (Å²) in [4.78, 5) is 43.6. The van der Waals surface area contributed by atoms with Gasteiger partial charge in [-0.1, -0.05) is 129 Å². The van der Waals surface area contributed by atoms with Crippen molar-refractivity contribution in [2.24, 2.45) is 0 Å². The first kappa shape index (κ1) is 40.5. The molecular weight excluding hydrogens is 791 g/mol. The van der Waals surface area contributed by atoms with Gasteiger partial charge in [-0.15, -0.1) is 0 Å². The number of rotatable bonds is 14. The molecule has 3 aromatic heterocycles. The lowest BCUT2D eigenvalue weighted by Gasteiger charge is -2.13. The molecule has 316 valence electrons. The SMILES string of the molecule is O=C1CCC(=O)N1CCCCCCCCOc1ccc(-c2c3nc(c(-c4ccccc4)c4ccc([nH]4)c(-c4ccccc4)c4nc(c(-c5ccccc5)c5ccc2[nH]5)C=C4)C=C3)cc1. The van der Waals surface area contributed by atoms with Crippen LogP contribution in [0, 0.1) is 0 Å². The van der Waals surface area contributed by atoms with E-state index in [4.69, 9.17) is 14.7 Å². The number of fused-ring (bicyclic) bond motifs is 8. The van der Waals surface area contributed by atoms with Crippen LogP contribution in [-0.2, 0) is 9.59 Å². The molecule has 0 aliphatic carbocycles. The zero-order chi connectivity index (χ0) is 43.2. The van der Waals surface area contributed by atoms with E-state index in [0.717, 1.165) is 134 Å².